The molecule has 0 radical (unpaired) electrons. The highest BCUT2D eigenvalue weighted by atomic mass is 19.1. The molecule has 2 nitrogen and oxygen atoms in total. The van der Waals surface area contributed by atoms with Gasteiger partial charge >= 0.3 is 0 Å². The zero-order chi connectivity index (χ0) is 13.7. The Kier molecular flexibility index (Phi) is 5.20. The number of benzene rings is 1. The van der Waals surface area contributed by atoms with Gasteiger partial charge in [-0.1, -0.05) is 19.8 Å². The lowest BCUT2D eigenvalue weighted by atomic mass is 9.96. The average Bonchev–Trinajstić information content (AvgIpc) is 2.64. The maximum atomic E-state index is 13.5. The molecule has 2 rings (SSSR count). The van der Waals surface area contributed by atoms with Crippen LogP contribution in [0.2, 0.25) is 0 Å². The van der Waals surface area contributed by atoms with Crippen LogP contribution in [0, 0.1) is 11.7 Å². The summed E-state index contributed by atoms with van der Waals surface area (Å²) in [5.74, 6) is 0.566. The third kappa shape index (κ3) is 3.93. The molecule has 0 aromatic heterocycles. The topological polar surface area (TPSA) is 23.5 Å². The Morgan fingerprint density at radius 2 is 2.11 bits per heavy atom. The molecule has 106 valence electrons. The van der Waals surface area contributed by atoms with E-state index in [0.717, 1.165) is 24.7 Å². The highest BCUT2D eigenvalue weighted by molar-refractivity contribution is 5.49. The normalized spacial score (nSPS) is 20.4. The largest absolute Gasteiger partial charge is 0.392 e. The van der Waals surface area contributed by atoms with E-state index in [4.69, 9.17) is 5.11 Å². The average molecular weight is 265 g/mol. The van der Waals surface area contributed by atoms with Crippen LogP contribution in [0.1, 0.15) is 44.6 Å². The summed E-state index contributed by atoms with van der Waals surface area (Å²) in [7, 11) is 0. The van der Waals surface area contributed by atoms with Crippen molar-refractivity contribution in [2.75, 3.05) is 18.0 Å². The first-order valence-electron chi connectivity index (χ1n) is 7.38. The molecular weight excluding hydrogens is 241 g/mol. The van der Waals surface area contributed by atoms with E-state index in [9.17, 15) is 4.39 Å². The van der Waals surface area contributed by atoms with Crippen LogP contribution in [0.15, 0.2) is 18.2 Å². The van der Waals surface area contributed by atoms with Crippen LogP contribution in [-0.4, -0.2) is 18.2 Å². The Labute approximate surface area is 115 Å². The van der Waals surface area contributed by atoms with E-state index in [1.807, 2.05) is 6.07 Å². The van der Waals surface area contributed by atoms with Gasteiger partial charge in [0.25, 0.3) is 0 Å². The van der Waals surface area contributed by atoms with E-state index in [1.54, 1.807) is 6.07 Å². The van der Waals surface area contributed by atoms with Gasteiger partial charge in [-0.05, 0) is 48.9 Å². The third-order valence-electron chi connectivity index (χ3n) is 4.03. The van der Waals surface area contributed by atoms with Gasteiger partial charge in [-0.15, -0.1) is 0 Å². The molecule has 0 aliphatic carbocycles. The number of anilines is 1. The summed E-state index contributed by atoms with van der Waals surface area (Å²) in [4.78, 5) is 2.26. The van der Waals surface area contributed by atoms with Gasteiger partial charge in [-0.3, -0.25) is 0 Å². The quantitative estimate of drug-likeness (QED) is 0.896. The van der Waals surface area contributed by atoms with Gasteiger partial charge in [-0.2, -0.15) is 0 Å². The Balaban J connectivity index is 2.07. The van der Waals surface area contributed by atoms with Crippen molar-refractivity contribution in [2.45, 2.75) is 45.6 Å². The van der Waals surface area contributed by atoms with Crippen molar-refractivity contribution in [3.05, 3.63) is 29.6 Å². The summed E-state index contributed by atoms with van der Waals surface area (Å²) >= 11 is 0. The third-order valence-corrected chi connectivity index (χ3v) is 4.03. The maximum Gasteiger partial charge on any atom is 0.125 e. The molecule has 1 unspecified atom stereocenters. The fourth-order valence-corrected chi connectivity index (χ4v) is 3.03. The number of hydrogen-bond acceptors (Lipinski definition) is 2. The first-order valence-corrected chi connectivity index (χ1v) is 7.38. The number of halogens is 1. The van der Waals surface area contributed by atoms with Crippen molar-refractivity contribution in [1.82, 2.24) is 0 Å². The molecule has 0 amide bonds. The minimum Gasteiger partial charge on any atom is -0.392 e. The van der Waals surface area contributed by atoms with Gasteiger partial charge in [0.15, 0.2) is 0 Å². The first-order chi connectivity index (χ1) is 9.22. The number of hydrogen-bond donors (Lipinski definition) is 1. The van der Waals surface area contributed by atoms with Crippen molar-refractivity contribution in [1.29, 1.82) is 0 Å². The van der Waals surface area contributed by atoms with Gasteiger partial charge in [0.2, 0.25) is 0 Å². The highest BCUT2D eigenvalue weighted by Crippen LogP contribution is 2.26. The van der Waals surface area contributed by atoms with Crippen LogP contribution in [0.4, 0.5) is 10.1 Å². The Bertz CT molecular complexity index is 408. The molecule has 1 N–H and O–H groups in total. The van der Waals surface area contributed by atoms with Gasteiger partial charge in [0, 0.05) is 18.8 Å². The van der Waals surface area contributed by atoms with E-state index in [1.165, 1.54) is 38.2 Å². The van der Waals surface area contributed by atoms with Crippen molar-refractivity contribution in [2.24, 2.45) is 5.92 Å². The van der Waals surface area contributed by atoms with Crippen LogP contribution >= 0.6 is 0 Å². The summed E-state index contributed by atoms with van der Waals surface area (Å²) in [6.07, 6.45) is 6.21. The smallest absolute Gasteiger partial charge is 0.125 e. The van der Waals surface area contributed by atoms with E-state index < -0.39 is 0 Å². The predicted octanol–water partition coefficient (Wildman–Crippen LogP) is 3.72. The Hall–Kier alpha value is -1.09. The predicted molar refractivity (Wildman–Crippen MR) is 76.8 cm³/mol. The molecule has 1 aliphatic rings. The van der Waals surface area contributed by atoms with Crippen LogP contribution < -0.4 is 4.90 Å². The van der Waals surface area contributed by atoms with Crippen LogP contribution in [-0.2, 0) is 6.61 Å². The van der Waals surface area contributed by atoms with E-state index in [0.29, 0.717) is 5.56 Å². The fraction of sp³-hybridized carbons (Fsp3) is 0.625. The lowest BCUT2D eigenvalue weighted by Gasteiger charge is -2.23. The number of aliphatic hydroxyl groups is 1. The summed E-state index contributed by atoms with van der Waals surface area (Å²) in [6.45, 7) is 4.13. The molecule has 1 aromatic rings. The van der Waals surface area contributed by atoms with Crippen molar-refractivity contribution >= 4 is 5.69 Å². The lowest BCUT2D eigenvalue weighted by Crippen LogP contribution is -2.24. The van der Waals surface area contributed by atoms with Crippen molar-refractivity contribution < 1.29 is 9.50 Å². The molecule has 19 heavy (non-hydrogen) atoms. The standard InChI is InChI=1S/C16H24FNO/c1-2-4-13-5-3-7-18(8-6-13)16-10-14(12-19)9-15(17)11-16/h9-11,13,19H,2-8,12H2,1H3. The molecular formula is C16H24FNO. The maximum absolute atomic E-state index is 13.5. The van der Waals surface area contributed by atoms with E-state index in [2.05, 4.69) is 11.8 Å². The summed E-state index contributed by atoms with van der Waals surface area (Å²) in [5.41, 5.74) is 1.57. The lowest BCUT2D eigenvalue weighted by molar-refractivity contribution is 0.281. The van der Waals surface area contributed by atoms with Crippen LogP contribution in [0.3, 0.4) is 0 Å². The van der Waals surface area contributed by atoms with Gasteiger partial charge in [0.1, 0.15) is 5.82 Å². The molecule has 1 fully saturated rings. The second kappa shape index (κ2) is 6.90. The van der Waals surface area contributed by atoms with Crippen molar-refractivity contribution in [3.63, 3.8) is 0 Å². The highest BCUT2D eigenvalue weighted by Gasteiger charge is 2.17. The van der Waals surface area contributed by atoms with Crippen LogP contribution in [0.5, 0.6) is 0 Å². The molecule has 1 aromatic carbocycles. The second-order valence-electron chi connectivity index (χ2n) is 5.55. The molecule has 0 saturated carbocycles. The molecule has 0 spiro atoms. The summed E-state index contributed by atoms with van der Waals surface area (Å²) in [6, 6.07) is 4.89. The fourth-order valence-electron chi connectivity index (χ4n) is 3.03. The summed E-state index contributed by atoms with van der Waals surface area (Å²) in [5, 5.41) is 9.17. The molecule has 1 aliphatic heterocycles. The number of nitrogens with zero attached hydrogens (tertiary/aromatic N) is 1. The van der Waals surface area contributed by atoms with Crippen molar-refractivity contribution in [3.8, 4) is 0 Å². The minimum atomic E-state index is -0.254. The molecule has 1 saturated heterocycles. The molecule has 0 bridgehead atoms. The monoisotopic (exact) mass is 265 g/mol. The van der Waals surface area contributed by atoms with Gasteiger partial charge < -0.3 is 10.0 Å². The van der Waals surface area contributed by atoms with Gasteiger partial charge in [0.05, 0.1) is 6.61 Å². The molecule has 3 heteroatoms. The first kappa shape index (κ1) is 14.3. The molecule has 1 atom stereocenters. The number of aliphatic hydroxyl groups excluding tert-OH is 1. The zero-order valence-electron chi connectivity index (χ0n) is 11.7. The Morgan fingerprint density at radius 3 is 2.84 bits per heavy atom. The second-order valence-corrected chi connectivity index (χ2v) is 5.55. The van der Waals surface area contributed by atoms with E-state index >= 15 is 0 Å². The van der Waals surface area contributed by atoms with E-state index in [-0.39, 0.29) is 12.4 Å². The molecule has 1 heterocycles. The van der Waals surface area contributed by atoms with Crippen LogP contribution in [0.25, 0.3) is 0 Å². The van der Waals surface area contributed by atoms with Gasteiger partial charge in [-0.25, -0.2) is 4.39 Å². The minimum absolute atomic E-state index is 0.100. The summed E-state index contributed by atoms with van der Waals surface area (Å²) < 4.78 is 13.5. The SMILES string of the molecule is CCCC1CCCN(c2cc(F)cc(CO)c2)CC1. The zero-order valence-corrected chi connectivity index (χ0v) is 11.7. The Morgan fingerprint density at radius 1 is 1.26 bits per heavy atom. The number of rotatable bonds is 4.